The summed E-state index contributed by atoms with van der Waals surface area (Å²) in [6.45, 7) is 2.59. The van der Waals surface area contributed by atoms with Crippen molar-refractivity contribution in [3.8, 4) is 0 Å². The molecule has 2 nitrogen and oxygen atoms in total. The lowest BCUT2D eigenvalue weighted by Gasteiger charge is -1.98. The van der Waals surface area contributed by atoms with Crippen LogP contribution in [0.4, 0.5) is 0 Å². The topological polar surface area (TPSA) is 38.0 Å². The van der Waals surface area contributed by atoms with Crippen LogP contribution in [0.15, 0.2) is 10.6 Å². The Kier molecular flexibility index (Phi) is 3.73. The molecule has 0 aromatic rings. The second-order valence-corrected chi connectivity index (χ2v) is 2.20. The van der Waals surface area contributed by atoms with Gasteiger partial charge in [-0.05, 0) is 14.0 Å². The zero-order valence-corrected chi connectivity index (χ0v) is 6.13. The van der Waals surface area contributed by atoms with E-state index in [1.807, 2.05) is 14.0 Å². The van der Waals surface area contributed by atoms with Gasteiger partial charge in [-0.2, -0.15) is 0 Å². The van der Waals surface area contributed by atoms with Crippen molar-refractivity contribution < 1.29 is 0 Å². The van der Waals surface area contributed by atoms with E-state index in [1.54, 1.807) is 0 Å². The van der Waals surface area contributed by atoms with E-state index >= 15 is 0 Å². The predicted octanol–water partition coefficient (Wildman–Crippen LogP) is 0.326. The van der Waals surface area contributed by atoms with E-state index in [2.05, 4.69) is 17.9 Å². The average Bonchev–Trinajstić information content (AvgIpc) is 1.67. The summed E-state index contributed by atoms with van der Waals surface area (Å²) in [6.07, 6.45) is 0. The molecule has 0 bridgehead atoms. The fourth-order valence-corrected chi connectivity index (χ4v) is 0.465. The summed E-state index contributed by atoms with van der Waals surface area (Å²) >= 11 is 4.10. The van der Waals surface area contributed by atoms with Crippen molar-refractivity contribution in [2.45, 2.75) is 6.92 Å². The van der Waals surface area contributed by atoms with E-state index in [-0.39, 0.29) is 0 Å². The van der Waals surface area contributed by atoms with Crippen LogP contribution < -0.4 is 11.1 Å². The molecule has 0 aliphatic rings. The van der Waals surface area contributed by atoms with Crippen LogP contribution in [0.25, 0.3) is 0 Å². The van der Waals surface area contributed by atoms with Gasteiger partial charge in [0.1, 0.15) is 0 Å². The summed E-state index contributed by atoms with van der Waals surface area (Å²) in [4.78, 5) is 0.910. The number of hydrogen-bond acceptors (Lipinski definition) is 3. The number of allylic oxidation sites excluding steroid dienone is 1. The first-order chi connectivity index (χ1) is 3.68. The third kappa shape index (κ3) is 2.93. The van der Waals surface area contributed by atoms with Gasteiger partial charge in [0.25, 0.3) is 0 Å². The van der Waals surface area contributed by atoms with Gasteiger partial charge in [-0.3, -0.25) is 0 Å². The molecule has 0 spiro atoms. The second kappa shape index (κ2) is 3.80. The summed E-state index contributed by atoms with van der Waals surface area (Å²) in [5.74, 6) is 0. The number of rotatable bonds is 2. The number of nitrogens with two attached hydrogens (primary N) is 1. The van der Waals surface area contributed by atoms with E-state index in [1.165, 1.54) is 0 Å². The first kappa shape index (κ1) is 7.85. The number of likely N-dealkylation sites (N-methyl/N-ethyl adjacent to an activating group) is 1. The van der Waals surface area contributed by atoms with Gasteiger partial charge in [-0.25, -0.2) is 0 Å². The van der Waals surface area contributed by atoms with Crippen LogP contribution in [0, 0.1) is 0 Å². The molecule has 3 N–H and O–H groups in total. The van der Waals surface area contributed by atoms with Gasteiger partial charge in [0.2, 0.25) is 0 Å². The molecule has 0 rings (SSSR count). The Labute approximate surface area is 55.6 Å². The van der Waals surface area contributed by atoms with Crippen molar-refractivity contribution in [2.24, 2.45) is 5.73 Å². The van der Waals surface area contributed by atoms with Crippen LogP contribution in [-0.2, 0) is 0 Å². The number of thiol groups is 1. The lowest BCUT2D eigenvalue weighted by atomic mass is 10.4. The van der Waals surface area contributed by atoms with Gasteiger partial charge < -0.3 is 11.1 Å². The minimum absolute atomic E-state index is 0.755. The van der Waals surface area contributed by atoms with E-state index in [4.69, 9.17) is 5.73 Å². The van der Waals surface area contributed by atoms with Gasteiger partial charge in [-0.1, -0.05) is 0 Å². The lowest BCUT2D eigenvalue weighted by molar-refractivity contribution is 0.902. The number of nitrogens with one attached hydrogen (secondary N) is 1. The Hall–Kier alpha value is -0.150. The molecule has 48 valence electrons. The molecule has 0 saturated heterocycles. The molecule has 0 atom stereocenters. The van der Waals surface area contributed by atoms with Crippen LogP contribution >= 0.6 is 12.6 Å². The minimum Gasteiger partial charge on any atom is -0.402 e. The quantitative estimate of drug-likeness (QED) is 0.474. The molecule has 0 aromatic heterocycles. The maximum atomic E-state index is 5.39. The van der Waals surface area contributed by atoms with Crippen LogP contribution in [0.3, 0.4) is 0 Å². The Morgan fingerprint density at radius 2 is 2.25 bits per heavy atom. The lowest BCUT2D eigenvalue weighted by Crippen LogP contribution is -2.10. The van der Waals surface area contributed by atoms with E-state index < -0.39 is 0 Å². The predicted molar refractivity (Wildman–Crippen MR) is 39.8 cm³/mol. The van der Waals surface area contributed by atoms with Crippen molar-refractivity contribution in [1.82, 2.24) is 5.32 Å². The molecule has 0 aromatic carbocycles. The van der Waals surface area contributed by atoms with Crippen molar-refractivity contribution >= 4 is 12.6 Å². The van der Waals surface area contributed by atoms with E-state index in [9.17, 15) is 0 Å². The Morgan fingerprint density at radius 3 is 2.38 bits per heavy atom. The number of hydrogen-bond donors (Lipinski definition) is 3. The van der Waals surface area contributed by atoms with Crippen molar-refractivity contribution in [3.05, 3.63) is 10.6 Å². The summed E-state index contributed by atoms with van der Waals surface area (Å²) in [5, 5.41) is 2.93. The molecule has 0 aliphatic carbocycles. The highest BCUT2D eigenvalue weighted by Gasteiger charge is 1.88. The SMILES string of the molecule is CNC/C(S)=C(\C)N. The first-order valence-electron chi connectivity index (χ1n) is 2.47. The zero-order valence-electron chi connectivity index (χ0n) is 5.23. The van der Waals surface area contributed by atoms with Gasteiger partial charge in [0.15, 0.2) is 0 Å². The summed E-state index contributed by atoms with van der Waals surface area (Å²) in [7, 11) is 1.86. The first-order valence-corrected chi connectivity index (χ1v) is 2.92. The fraction of sp³-hybridized carbons (Fsp3) is 0.600. The molecule has 8 heavy (non-hydrogen) atoms. The third-order valence-corrected chi connectivity index (χ3v) is 1.31. The molecule has 0 heterocycles. The summed E-state index contributed by atoms with van der Waals surface area (Å²) in [5.41, 5.74) is 6.17. The summed E-state index contributed by atoms with van der Waals surface area (Å²) in [6, 6.07) is 0. The smallest absolute Gasteiger partial charge is 0.0276 e. The highest BCUT2D eigenvalue weighted by atomic mass is 32.1. The second-order valence-electron chi connectivity index (χ2n) is 1.66. The maximum absolute atomic E-state index is 5.39. The molecule has 0 fully saturated rings. The molecular formula is C5H12N2S. The van der Waals surface area contributed by atoms with Crippen molar-refractivity contribution in [3.63, 3.8) is 0 Å². The molecule has 3 heteroatoms. The Morgan fingerprint density at radius 1 is 1.75 bits per heavy atom. The monoisotopic (exact) mass is 132 g/mol. The van der Waals surface area contributed by atoms with Gasteiger partial charge in [-0.15, -0.1) is 12.6 Å². The average molecular weight is 132 g/mol. The van der Waals surface area contributed by atoms with Crippen LogP contribution in [0.1, 0.15) is 6.92 Å². The maximum Gasteiger partial charge on any atom is 0.0276 e. The van der Waals surface area contributed by atoms with Crippen molar-refractivity contribution in [2.75, 3.05) is 13.6 Å². The molecule has 0 saturated carbocycles. The largest absolute Gasteiger partial charge is 0.402 e. The molecule has 0 unspecified atom stereocenters. The normalized spacial score (nSPS) is 13.4. The van der Waals surface area contributed by atoms with Gasteiger partial charge in [0, 0.05) is 17.1 Å². The third-order valence-electron chi connectivity index (χ3n) is 0.799. The van der Waals surface area contributed by atoms with Crippen LogP contribution in [0.5, 0.6) is 0 Å². The summed E-state index contributed by atoms with van der Waals surface area (Å²) < 4.78 is 0. The highest BCUT2D eigenvalue weighted by molar-refractivity contribution is 7.84. The van der Waals surface area contributed by atoms with Gasteiger partial charge >= 0.3 is 0 Å². The van der Waals surface area contributed by atoms with E-state index in [0.29, 0.717) is 0 Å². The standard InChI is InChI=1S/C5H12N2S/c1-4(6)5(8)3-7-2/h7-8H,3,6H2,1-2H3/b5-4-. The molecular weight excluding hydrogens is 120 g/mol. The van der Waals surface area contributed by atoms with Crippen LogP contribution in [0.2, 0.25) is 0 Å². The highest BCUT2D eigenvalue weighted by Crippen LogP contribution is 1.99. The molecule has 0 amide bonds. The zero-order chi connectivity index (χ0) is 6.57. The van der Waals surface area contributed by atoms with Crippen molar-refractivity contribution in [1.29, 1.82) is 0 Å². The molecule has 0 aliphatic heterocycles. The van der Waals surface area contributed by atoms with Gasteiger partial charge in [0.05, 0.1) is 0 Å². The molecule has 0 radical (unpaired) electrons. The Balaban J connectivity index is 3.62. The van der Waals surface area contributed by atoms with Crippen LogP contribution in [-0.4, -0.2) is 13.6 Å². The minimum atomic E-state index is 0.755. The van der Waals surface area contributed by atoms with E-state index in [0.717, 1.165) is 17.1 Å². The fourth-order valence-electron chi connectivity index (χ4n) is 0.307. The Bertz CT molecular complexity index is 94.6.